The van der Waals surface area contributed by atoms with Gasteiger partial charge in [-0.05, 0) is 62.6 Å². The number of unbranched alkanes of at least 4 members (excludes halogenated alkanes) is 1. The normalized spacial score (nSPS) is 14.8. The number of fused-ring (bicyclic) bond motifs is 1. The van der Waals surface area contributed by atoms with Crippen molar-refractivity contribution in [2.24, 2.45) is 0 Å². The molecule has 1 aromatic heterocycles. The Hall–Kier alpha value is -3.17. The summed E-state index contributed by atoms with van der Waals surface area (Å²) in [4.78, 5) is 18.0. The van der Waals surface area contributed by atoms with Gasteiger partial charge in [0.1, 0.15) is 12.6 Å². The van der Waals surface area contributed by atoms with Crippen LogP contribution in [-0.2, 0) is 16.1 Å². The summed E-state index contributed by atoms with van der Waals surface area (Å²) in [7, 11) is 1.59. The second kappa shape index (κ2) is 12.6. The minimum Gasteiger partial charge on any atom is -0.493 e. The average Bonchev–Trinajstić information content (AvgIpc) is 3.29. The molecule has 202 valence electrons. The molecule has 8 nitrogen and oxygen atoms in total. The summed E-state index contributed by atoms with van der Waals surface area (Å²) in [6.45, 7) is 8.03. The predicted octanol–water partition coefficient (Wildman–Crippen LogP) is 6.65. The van der Waals surface area contributed by atoms with Crippen LogP contribution in [0.15, 0.2) is 58.9 Å². The van der Waals surface area contributed by atoms with Crippen molar-refractivity contribution < 1.29 is 19.0 Å². The number of nitrogens with one attached hydrogen (secondary N) is 1. The zero-order valence-electron chi connectivity index (χ0n) is 22.3. The lowest BCUT2D eigenvalue weighted by atomic mass is 9.95. The van der Waals surface area contributed by atoms with Crippen LogP contribution in [0.25, 0.3) is 0 Å². The van der Waals surface area contributed by atoms with Gasteiger partial charge in [-0.2, -0.15) is 4.98 Å². The maximum Gasteiger partial charge on any atom is 0.338 e. The van der Waals surface area contributed by atoms with Gasteiger partial charge >= 0.3 is 5.97 Å². The highest BCUT2D eigenvalue weighted by molar-refractivity contribution is 7.99. The van der Waals surface area contributed by atoms with Gasteiger partial charge in [-0.1, -0.05) is 54.9 Å². The lowest BCUT2D eigenvalue weighted by molar-refractivity contribution is -0.143. The fourth-order valence-electron chi connectivity index (χ4n) is 4.07. The molecule has 0 fully saturated rings. The van der Waals surface area contributed by atoms with Gasteiger partial charge in [-0.15, -0.1) is 5.10 Å². The summed E-state index contributed by atoms with van der Waals surface area (Å²) < 4.78 is 19.1. The SMILES string of the molecule is CCCCSc1nc2n(n1)C(c1ccc(OCc3ccc(Cl)cc3)c(OC)c1)C(C(=O)OC(C)C)=C(C)N2. The fourth-order valence-corrected chi connectivity index (χ4v) is 5.10. The van der Waals surface area contributed by atoms with Gasteiger partial charge in [0.15, 0.2) is 11.5 Å². The standard InChI is InChI=1S/C28H33ClN4O4S/c1-6-7-14-38-28-31-27-30-18(4)24(26(34)37-17(2)3)25(33(27)32-28)20-10-13-22(23(15-20)35-5)36-16-19-8-11-21(29)12-9-19/h8-13,15,17,25H,6-7,14,16H2,1-5H3,(H,30,31,32). The number of thioether (sulfide) groups is 1. The third kappa shape index (κ3) is 6.45. The van der Waals surface area contributed by atoms with Crippen molar-refractivity contribution in [3.8, 4) is 11.5 Å². The maximum atomic E-state index is 13.3. The van der Waals surface area contributed by atoms with E-state index in [1.165, 1.54) is 0 Å². The summed E-state index contributed by atoms with van der Waals surface area (Å²) in [5.41, 5.74) is 2.93. The number of anilines is 1. The first-order chi connectivity index (χ1) is 18.3. The van der Waals surface area contributed by atoms with E-state index in [0.29, 0.717) is 45.5 Å². The number of rotatable bonds is 11. The van der Waals surface area contributed by atoms with Crippen molar-refractivity contribution in [3.05, 3.63) is 69.9 Å². The van der Waals surface area contributed by atoms with Crippen LogP contribution in [0.5, 0.6) is 11.5 Å². The number of nitrogens with zero attached hydrogens (tertiary/aromatic N) is 3. The molecule has 0 amide bonds. The molecule has 4 rings (SSSR count). The van der Waals surface area contributed by atoms with Crippen molar-refractivity contribution in [3.63, 3.8) is 0 Å². The molecular weight excluding hydrogens is 524 g/mol. The number of esters is 1. The van der Waals surface area contributed by atoms with Crippen molar-refractivity contribution in [2.45, 2.75) is 64.4 Å². The molecule has 0 bridgehead atoms. The summed E-state index contributed by atoms with van der Waals surface area (Å²) in [5, 5.41) is 9.35. The van der Waals surface area contributed by atoms with Gasteiger partial charge in [-0.3, -0.25) is 0 Å². The van der Waals surface area contributed by atoms with E-state index in [1.807, 2.05) is 63.2 Å². The monoisotopic (exact) mass is 556 g/mol. The molecular formula is C28H33ClN4O4S. The molecule has 1 atom stereocenters. The van der Waals surface area contributed by atoms with Crippen LogP contribution in [0, 0.1) is 0 Å². The van der Waals surface area contributed by atoms with E-state index >= 15 is 0 Å². The van der Waals surface area contributed by atoms with Crippen LogP contribution < -0.4 is 14.8 Å². The number of ether oxygens (including phenoxy) is 3. The Morgan fingerprint density at radius 1 is 1.18 bits per heavy atom. The number of hydrogen-bond acceptors (Lipinski definition) is 8. The minimum absolute atomic E-state index is 0.265. The minimum atomic E-state index is -0.551. The Balaban J connectivity index is 1.69. The van der Waals surface area contributed by atoms with E-state index in [1.54, 1.807) is 23.6 Å². The summed E-state index contributed by atoms with van der Waals surface area (Å²) >= 11 is 7.60. The first-order valence-electron chi connectivity index (χ1n) is 12.6. The maximum absolute atomic E-state index is 13.3. The second-order valence-corrected chi connectivity index (χ2v) is 10.7. The molecule has 1 unspecified atom stereocenters. The van der Waals surface area contributed by atoms with Crippen LogP contribution in [-0.4, -0.2) is 39.7 Å². The summed E-state index contributed by atoms with van der Waals surface area (Å²) in [6.07, 6.45) is 1.90. The largest absolute Gasteiger partial charge is 0.493 e. The third-order valence-corrected chi connectivity index (χ3v) is 7.11. The highest BCUT2D eigenvalue weighted by atomic mass is 35.5. The first kappa shape index (κ1) is 27.9. The summed E-state index contributed by atoms with van der Waals surface area (Å²) in [5.74, 6) is 2.23. The lowest BCUT2D eigenvalue weighted by Gasteiger charge is -2.29. The van der Waals surface area contributed by atoms with E-state index < -0.39 is 12.0 Å². The second-order valence-electron chi connectivity index (χ2n) is 9.21. The number of allylic oxidation sites excluding steroid dienone is 1. The Bertz CT molecular complexity index is 1310. The predicted molar refractivity (Wildman–Crippen MR) is 150 cm³/mol. The molecule has 0 spiro atoms. The highest BCUT2D eigenvalue weighted by Gasteiger charge is 2.36. The van der Waals surface area contributed by atoms with E-state index in [2.05, 4.69) is 17.2 Å². The van der Waals surface area contributed by atoms with Crippen molar-refractivity contribution in [2.75, 3.05) is 18.2 Å². The molecule has 1 aliphatic rings. The van der Waals surface area contributed by atoms with E-state index in [-0.39, 0.29) is 6.10 Å². The van der Waals surface area contributed by atoms with Crippen LogP contribution in [0.4, 0.5) is 5.95 Å². The van der Waals surface area contributed by atoms with Crippen LogP contribution >= 0.6 is 23.4 Å². The van der Waals surface area contributed by atoms with Gasteiger partial charge in [0.2, 0.25) is 11.1 Å². The van der Waals surface area contributed by atoms with Gasteiger partial charge in [0.05, 0.1) is 18.8 Å². The van der Waals surface area contributed by atoms with Gasteiger partial charge in [0.25, 0.3) is 0 Å². The molecule has 0 radical (unpaired) electrons. The molecule has 1 aliphatic heterocycles. The first-order valence-corrected chi connectivity index (χ1v) is 14.0. The Morgan fingerprint density at radius 2 is 1.95 bits per heavy atom. The molecule has 2 heterocycles. The molecule has 0 aliphatic carbocycles. The van der Waals surface area contributed by atoms with E-state index in [4.69, 9.17) is 30.9 Å². The topological polar surface area (TPSA) is 87.5 Å². The number of methoxy groups -OCH3 is 1. The zero-order chi connectivity index (χ0) is 27.2. The quantitative estimate of drug-likeness (QED) is 0.159. The number of carbonyl (C=O) groups is 1. The molecule has 1 N–H and O–H groups in total. The van der Waals surface area contributed by atoms with Crippen molar-refractivity contribution >= 4 is 35.3 Å². The molecule has 0 saturated carbocycles. The average molecular weight is 557 g/mol. The Morgan fingerprint density at radius 3 is 2.63 bits per heavy atom. The Kier molecular flexibility index (Phi) is 9.22. The Labute approximate surface area is 232 Å². The van der Waals surface area contributed by atoms with Crippen molar-refractivity contribution in [1.29, 1.82) is 0 Å². The van der Waals surface area contributed by atoms with Crippen LogP contribution in [0.2, 0.25) is 5.02 Å². The smallest absolute Gasteiger partial charge is 0.338 e. The molecule has 2 aromatic carbocycles. The number of carbonyl (C=O) groups excluding carboxylic acids is 1. The molecule has 38 heavy (non-hydrogen) atoms. The highest BCUT2D eigenvalue weighted by Crippen LogP contribution is 2.40. The van der Waals surface area contributed by atoms with E-state index in [9.17, 15) is 4.79 Å². The number of benzene rings is 2. The number of halogens is 1. The van der Waals surface area contributed by atoms with Crippen LogP contribution in [0.3, 0.4) is 0 Å². The van der Waals surface area contributed by atoms with E-state index in [0.717, 1.165) is 29.7 Å². The molecule has 3 aromatic rings. The number of aromatic nitrogens is 3. The van der Waals surface area contributed by atoms with Crippen LogP contribution in [0.1, 0.15) is 57.7 Å². The molecule has 10 heteroatoms. The summed E-state index contributed by atoms with van der Waals surface area (Å²) in [6, 6.07) is 12.6. The fraction of sp³-hybridized carbons (Fsp3) is 0.393. The van der Waals surface area contributed by atoms with Gasteiger partial charge < -0.3 is 19.5 Å². The molecule has 0 saturated heterocycles. The number of hydrogen-bond donors (Lipinski definition) is 1. The third-order valence-electron chi connectivity index (χ3n) is 5.94. The zero-order valence-corrected chi connectivity index (χ0v) is 23.9. The van der Waals surface area contributed by atoms with Gasteiger partial charge in [0, 0.05) is 16.5 Å². The van der Waals surface area contributed by atoms with Gasteiger partial charge in [-0.25, -0.2) is 9.48 Å². The van der Waals surface area contributed by atoms with Crippen molar-refractivity contribution in [1.82, 2.24) is 14.8 Å². The lowest BCUT2D eigenvalue weighted by Crippen LogP contribution is -2.30.